The summed E-state index contributed by atoms with van der Waals surface area (Å²) in [5, 5.41) is 8.79. The lowest BCUT2D eigenvalue weighted by Gasteiger charge is -2.29. The van der Waals surface area contributed by atoms with Gasteiger partial charge in [0, 0.05) is 5.69 Å². The van der Waals surface area contributed by atoms with Crippen molar-refractivity contribution in [1.29, 1.82) is 5.26 Å². The van der Waals surface area contributed by atoms with Crippen molar-refractivity contribution >= 4 is 11.6 Å². The van der Waals surface area contributed by atoms with Crippen molar-refractivity contribution in [3.63, 3.8) is 0 Å². The standard InChI is InChI=1S/C12H12N2O3/c1-16-10-4-2-9(3-5-10)14-7-11(6-13)17-8-12(14)15/h2-5,11H,7-8H2,1H3. The van der Waals surface area contributed by atoms with E-state index in [0.717, 1.165) is 11.4 Å². The summed E-state index contributed by atoms with van der Waals surface area (Å²) in [7, 11) is 1.58. The predicted octanol–water partition coefficient (Wildman–Crippen LogP) is 0.951. The lowest BCUT2D eigenvalue weighted by Crippen LogP contribution is -2.46. The van der Waals surface area contributed by atoms with Crippen molar-refractivity contribution in [2.24, 2.45) is 0 Å². The molecule has 0 spiro atoms. The topological polar surface area (TPSA) is 62.6 Å². The second-order valence-corrected chi connectivity index (χ2v) is 3.63. The van der Waals surface area contributed by atoms with E-state index in [1.165, 1.54) is 0 Å². The van der Waals surface area contributed by atoms with Gasteiger partial charge in [0.25, 0.3) is 5.91 Å². The highest BCUT2D eigenvalue weighted by Crippen LogP contribution is 2.21. The van der Waals surface area contributed by atoms with Crippen LogP contribution in [0.1, 0.15) is 0 Å². The molecule has 2 rings (SSSR count). The van der Waals surface area contributed by atoms with Crippen LogP contribution in [-0.2, 0) is 9.53 Å². The summed E-state index contributed by atoms with van der Waals surface area (Å²) in [6, 6.07) is 9.14. The van der Waals surface area contributed by atoms with Crippen molar-refractivity contribution in [3.8, 4) is 11.8 Å². The number of morpholine rings is 1. The van der Waals surface area contributed by atoms with Crippen LogP contribution in [0.25, 0.3) is 0 Å². The van der Waals surface area contributed by atoms with Gasteiger partial charge in [0.05, 0.1) is 19.7 Å². The average Bonchev–Trinajstić information content (AvgIpc) is 2.39. The highest BCUT2D eigenvalue weighted by atomic mass is 16.5. The molecule has 1 atom stereocenters. The van der Waals surface area contributed by atoms with Crippen LogP contribution in [0.2, 0.25) is 0 Å². The van der Waals surface area contributed by atoms with Crippen molar-refractivity contribution in [2.45, 2.75) is 6.10 Å². The lowest BCUT2D eigenvalue weighted by atomic mass is 10.2. The van der Waals surface area contributed by atoms with E-state index in [2.05, 4.69) is 0 Å². The Balaban J connectivity index is 2.19. The van der Waals surface area contributed by atoms with Crippen LogP contribution in [-0.4, -0.2) is 32.3 Å². The molecule has 0 aliphatic carbocycles. The number of hydrogen-bond acceptors (Lipinski definition) is 4. The second-order valence-electron chi connectivity index (χ2n) is 3.63. The largest absolute Gasteiger partial charge is 0.497 e. The maximum Gasteiger partial charge on any atom is 0.253 e. The van der Waals surface area contributed by atoms with Gasteiger partial charge in [-0.25, -0.2) is 0 Å². The quantitative estimate of drug-likeness (QED) is 0.761. The molecule has 5 nitrogen and oxygen atoms in total. The number of rotatable bonds is 2. The monoisotopic (exact) mass is 232 g/mol. The number of amides is 1. The first-order valence-electron chi connectivity index (χ1n) is 5.20. The van der Waals surface area contributed by atoms with Crippen LogP contribution in [0.4, 0.5) is 5.69 Å². The molecular formula is C12H12N2O3. The first-order chi connectivity index (χ1) is 8.24. The van der Waals surface area contributed by atoms with Gasteiger partial charge >= 0.3 is 0 Å². The minimum absolute atomic E-state index is 0.0513. The van der Waals surface area contributed by atoms with Crippen LogP contribution in [0.5, 0.6) is 5.75 Å². The van der Waals surface area contributed by atoms with E-state index in [-0.39, 0.29) is 19.1 Å². The highest BCUT2D eigenvalue weighted by molar-refractivity contribution is 5.95. The fourth-order valence-corrected chi connectivity index (χ4v) is 1.66. The smallest absolute Gasteiger partial charge is 0.253 e. The molecule has 88 valence electrons. The summed E-state index contributed by atoms with van der Waals surface area (Å²) in [6.45, 7) is 0.214. The van der Waals surface area contributed by atoms with Gasteiger partial charge in [-0.05, 0) is 24.3 Å². The molecule has 1 aromatic carbocycles. The van der Waals surface area contributed by atoms with Gasteiger partial charge in [0.15, 0.2) is 6.10 Å². The summed E-state index contributed by atoms with van der Waals surface area (Å²) in [5.41, 5.74) is 0.749. The molecule has 1 aliphatic rings. The SMILES string of the molecule is COc1ccc(N2CC(C#N)OCC2=O)cc1. The van der Waals surface area contributed by atoms with Crippen LogP contribution >= 0.6 is 0 Å². The fraction of sp³-hybridized carbons (Fsp3) is 0.333. The molecule has 5 heteroatoms. The van der Waals surface area contributed by atoms with Crippen LogP contribution in [0.15, 0.2) is 24.3 Å². The third kappa shape index (κ3) is 2.37. The summed E-state index contributed by atoms with van der Waals surface area (Å²) in [4.78, 5) is 13.2. The van der Waals surface area contributed by atoms with Gasteiger partial charge in [-0.3, -0.25) is 4.79 Å². The average molecular weight is 232 g/mol. The summed E-state index contributed by atoms with van der Waals surface area (Å²) in [5.74, 6) is 0.591. The lowest BCUT2D eigenvalue weighted by molar-refractivity contribution is -0.127. The molecule has 1 saturated heterocycles. The van der Waals surface area contributed by atoms with E-state index in [4.69, 9.17) is 14.7 Å². The molecule has 1 fully saturated rings. The van der Waals surface area contributed by atoms with E-state index in [1.807, 2.05) is 6.07 Å². The Morgan fingerprint density at radius 3 is 2.76 bits per heavy atom. The van der Waals surface area contributed by atoms with E-state index in [9.17, 15) is 4.79 Å². The van der Waals surface area contributed by atoms with Crippen molar-refractivity contribution in [3.05, 3.63) is 24.3 Å². The predicted molar refractivity (Wildman–Crippen MR) is 60.7 cm³/mol. The van der Waals surface area contributed by atoms with Gasteiger partial charge < -0.3 is 14.4 Å². The molecule has 0 N–H and O–H groups in total. The van der Waals surface area contributed by atoms with Gasteiger partial charge in [0.2, 0.25) is 0 Å². The Morgan fingerprint density at radius 2 is 2.18 bits per heavy atom. The zero-order chi connectivity index (χ0) is 12.3. The summed E-state index contributed by atoms with van der Waals surface area (Å²) in [6.07, 6.45) is -0.560. The molecule has 1 amide bonds. The molecule has 1 unspecified atom stereocenters. The van der Waals surface area contributed by atoms with Crippen LogP contribution in [0, 0.1) is 11.3 Å². The Morgan fingerprint density at radius 1 is 1.47 bits per heavy atom. The molecule has 0 radical (unpaired) electrons. The molecule has 0 saturated carbocycles. The highest BCUT2D eigenvalue weighted by Gasteiger charge is 2.27. The number of ether oxygens (including phenoxy) is 2. The van der Waals surface area contributed by atoms with E-state index >= 15 is 0 Å². The maximum atomic E-state index is 11.7. The van der Waals surface area contributed by atoms with E-state index in [1.54, 1.807) is 36.3 Å². The molecule has 0 aromatic heterocycles. The van der Waals surface area contributed by atoms with Crippen molar-refractivity contribution in [2.75, 3.05) is 25.2 Å². The normalized spacial score (nSPS) is 19.9. The van der Waals surface area contributed by atoms with Gasteiger partial charge in [0.1, 0.15) is 12.4 Å². The zero-order valence-corrected chi connectivity index (χ0v) is 9.42. The van der Waals surface area contributed by atoms with Crippen molar-refractivity contribution in [1.82, 2.24) is 0 Å². The number of carbonyl (C=O) groups is 1. The van der Waals surface area contributed by atoms with Crippen LogP contribution in [0.3, 0.4) is 0 Å². The Labute approximate surface area is 99.2 Å². The minimum Gasteiger partial charge on any atom is -0.497 e. The number of nitriles is 1. The van der Waals surface area contributed by atoms with Crippen molar-refractivity contribution < 1.29 is 14.3 Å². The number of carbonyl (C=O) groups excluding carboxylic acids is 1. The third-order valence-corrected chi connectivity index (χ3v) is 2.59. The number of methoxy groups -OCH3 is 1. The third-order valence-electron chi connectivity index (χ3n) is 2.59. The molecule has 1 aromatic rings. The Bertz CT molecular complexity index is 450. The van der Waals surface area contributed by atoms with Gasteiger partial charge in [-0.2, -0.15) is 5.26 Å². The molecule has 17 heavy (non-hydrogen) atoms. The van der Waals surface area contributed by atoms with Gasteiger partial charge in [-0.1, -0.05) is 0 Å². The summed E-state index contributed by atoms with van der Waals surface area (Å²) < 4.78 is 10.1. The van der Waals surface area contributed by atoms with Gasteiger partial charge in [-0.15, -0.1) is 0 Å². The van der Waals surface area contributed by atoms with Crippen LogP contribution < -0.4 is 9.64 Å². The number of anilines is 1. The molecule has 0 bridgehead atoms. The fourth-order valence-electron chi connectivity index (χ4n) is 1.66. The molecular weight excluding hydrogens is 220 g/mol. The number of nitrogens with zero attached hydrogens (tertiary/aromatic N) is 2. The number of benzene rings is 1. The first-order valence-corrected chi connectivity index (χ1v) is 5.20. The van der Waals surface area contributed by atoms with E-state index < -0.39 is 6.10 Å². The first kappa shape index (κ1) is 11.4. The maximum absolute atomic E-state index is 11.7. The van der Waals surface area contributed by atoms with E-state index in [0.29, 0.717) is 0 Å². The summed E-state index contributed by atoms with van der Waals surface area (Å²) >= 11 is 0. The zero-order valence-electron chi connectivity index (χ0n) is 9.42. The minimum atomic E-state index is -0.560. The Hall–Kier alpha value is -2.06. The molecule has 1 aliphatic heterocycles. The number of hydrogen-bond donors (Lipinski definition) is 0. The Kier molecular flexibility index (Phi) is 3.26. The molecule has 1 heterocycles. The second kappa shape index (κ2) is 4.85.